The smallest absolute Gasteiger partial charge is 0.253 e. The van der Waals surface area contributed by atoms with Crippen LogP contribution < -0.4 is 10.9 Å². The van der Waals surface area contributed by atoms with Crippen LogP contribution in [0.4, 0.5) is 0 Å². The van der Waals surface area contributed by atoms with Crippen molar-refractivity contribution in [2.75, 3.05) is 13.6 Å². The lowest BCUT2D eigenvalue weighted by Gasteiger charge is -2.18. The molecule has 2 aromatic rings. The maximum Gasteiger partial charge on any atom is 0.253 e. The Kier molecular flexibility index (Phi) is 7.61. The highest BCUT2D eigenvalue weighted by atomic mass is 32.2. The van der Waals surface area contributed by atoms with Gasteiger partial charge in [-0.2, -0.15) is 4.31 Å². The van der Waals surface area contributed by atoms with Gasteiger partial charge in [-0.3, -0.25) is 20.4 Å². The lowest BCUT2D eigenvalue weighted by molar-refractivity contribution is -0.128. The second-order valence-electron chi connectivity index (χ2n) is 6.18. The second kappa shape index (κ2) is 9.72. The van der Waals surface area contributed by atoms with E-state index in [4.69, 9.17) is 0 Å². The molecular formula is C19H23N3O4S2. The molecule has 0 aliphatic heterocycles. The van der Waals surface area contributed by atoms with Crippen molar-refractivity contribution in [1.29, 1.82) is 0 Å². The third kappa shape index (κ3) is 6.08. The second-order valence-corrected chi connectivity index (χ2v) is 9.64. The zero-order chi connectivity index (χ0) is 20.7. The van der Waals surface area contributed by atoms with E-state index >= 15 is 0 Å². The van der Waals surface area contributed by atoms with Gasteiger partial charge in [-0.25, -0.2) is 8.42 Å². The fourth-order valence-corrected chi connectivity index (χ4v) is 4.22. The summed E-state index contributed by atoms with van der Waals surface area (Å²) in [4.78, 5) is 25.2. The van der Waals surface area contributed by atoms with Crippen LogP contribution in [0.3, 0.4) is 0 Å². The normalized spacial score (nSPS) is 12.4. The number of carbonyl (C=O) groups is 2. The Labute approximate surface area is 169 Å². The number of hydrogen-bond acceptors (Lipinski definition) is 5. The number of nitrogens with one attached hydrogen (secondary N) is 2. The van der Waals surface area contributed by atoms with Gasteiger partial charge in [0.2, 0.25) is 10.0 Å². The molecule has 0 bridgehead atoms. The minimum atomic E-state index is -3.79. The zero-order valence-electron chi connectivity index (χ0n) is 15.9. The van der Waals surface area contributed by atoms with Crippen molar-refractivity contribution in [3.8, 4) is 0 Å². The summed E-state index contributed by atoms with van der Waals surface area (Å²) in [6.07, 6.45) is 0. The fraction of sp³-hybridized carbons (Fsp3) is 0.263. The van der Waals surface area contributed by atoms with E-state index in [9.17, 15) is 18.0 Å². The van der Waals surface area contributed by atoms with E-state index in [1.54, 1.807) is 19.1 Å². The number of hydrogen-bond donors (Lipinski definition) is 2. The fourth-order valence-electron chi connectivity index (χ4n) is 2.21. The van der Waals surface area contributed by atoms with Crippen molar-refractivity contribution in [3.05, 3.63) is 60.2 Å². The zero-order valence-corrected chi connectivity index (χ0v) is 17.5. The number of thioether (sulfide) groups is 1. The number of likely N-dealkylation sites (N-methyl/N-ethyl adjacent to an activating group) is 1. The standard InChI is InChI=1S/C19H23N3O4S2/c1-14-9-11-17(12-10-14)28(25,26)22(3)13-18(23)20-21-19(24)15(2)27-16-7-5-4-6-8-16/h4-12,15H,13H2,1-3H3,(H,20,23)(H,21,24)/t15-/m0/s1. The molecule has 0 unspecified atom stereocenters. The van der Waals surface area contributed by atoms with Gasteiger partial charge in [0.15, 0.2) is 0 Å². The molecule has 0 heterocycles. The van der Waals surface area contributed by atoms with Crippen molar-refractivity contribution >= 4 is 33.6 Å². The van der Waals surface area contributed by atoms with Crippen LogP contribution in [0, 0.1) is 6.92 Å². The van der Waals surface area contributed by atoms with E-state index in [0.717, 1.165) is 14.8 Å². The van der Waals surface area contributed by atoms with Crippen LogP contribution in [0.25, 0.3) is 0 Å². The molecule has 9 heteroatoms. The van der Waals surface area contributed by atoms with Crippen LogP contribution in [-0.2, 0) is 19.6 Å². The Morgan fingerprint density at radius 3 is 2.25 bits per heavy atom. The van der Waals surface area contributed by atoms with E-state index in [0.29, 0.717) is 0 Å². The Hall–Kier alpha value is -2.36. The Bertz CT molecular complexity index is 916. The molecule has 0 fully saturated rings. The van der Waals surface area contributed by atoms with Crippen molar-refractivity contribution in [1.82, 2.24) is 15.2 Å². The number of sulfonamides is 1. The summed E-state index contributed by atoms with van der Waals surface area (Å²) in [6, 6.07) is 15.8. The SMILES string of the molecule is Cc1ccc(S(=O)(=O)N(C)CC(=O)NNC(=O)[C@H](C)Sc2ccccc2)cc1. The largest absolute Gasteiger partial charge is 0.272 e. The summed E-state index contributed by atoms with van der Waals surface area (Å²) in [5, 5.41) is -0.434. The first-order valence-corrected chi connectivity index (χ1v) is 10.9. The Morgan fingerprint density at radius 2 is 1.64 bits per heavy atom. The van der Waals surface area contributed by atoms with Gasteiger partial charge in [0.1, 0.15) is 0 Å². The first kappa shape index (κ1) is 21.9. The molecule has 150 valence electrons. The number of rotatable bonds is 7. The average molecular weight is 422 g/mol. The molecule has 1 atom stereocenters. The summed E-state index contributed by atoms with van der Waals surface area (Å²) in [5.74, 6) is -1.02. The van der Waals surface area contributed by atoms with E-state index < -0.39 is 27.7 Å². The van der Waals surface area contributed by atoms with Crippen LogP contribution in [-0.4, -0.2) is 43.4 Å². The van der Waals surface area contributed by atoms with Gasteiger partial charge in [0.05, 0.1) is 16.7 Å². The van der Waals surface area contributed by atoms with Crippen molar-refractivity contribution in [3.63, 3.8) is 0 Å². The van der Waals surface area contributed by atoms with Crippen molar-refractivity contribution < 1.29 is 18.0 Å². The molecule has 2 amide bonds. The molecule has 0 aliphatic carbocycles. The van der Waals surface area contributed by atoms with Crippen LogP contribution >= 0.6 is 11.8 Å². The van der Waals surface area contributed by atoms with Gasteiger partial charge in [-0.05, 0) is 38.1 Å². The number of benzene rings is 2. The Balaban J connectivity index is 1.85. The van der Waals surface area contributed by atoms with E-state index in [1.807, 2.05) is 37.3 Å². The summed E-state index contributed by atoms with van der Waals surface area (Å²) in [7, 11) is -2.48. The van der Waals surface area contributed by atoms with E-state index in [-0.39, 0.29) is 10.8 Å². The molecule has 0 saturated carbocycles. The summed E-state index contributed by atoms with van der Waals surface area (Å²) >= 11 is 1.35. The summed E-state index contributed by atoms with van der Waals surface area (Å²) in [5.41, 5.74) is 5.52. The average Bonchev–Trinajstić information content (AvgIpc) is 2.67. The van der Waals surface area contributed by atoms with E-state index in [2.05, 4.69) is 10.9 Å². The number of nitrogens with zero attached hydrogens (tertiary/aromatic N) is 1. The molecule has 0 radical (unpaired) electrons. The quantitative estimate of drug-likeness (QED) is 0.526. The first-order chi connectivity index (χ1) is 13.2. The molecule has 0 aliphatic rings. The number of amides is 2. The molecule has 0 saturated heterocycles. The lowest BCUT2D eigenvalue weighted by Crippen LogP contribution is -2.48. The number of aryl methyl sites for hydroxylation is 1. The van der Waals surface area contributed by atoms with Crippen molar-refractivity contribution in [2.24, 2.45) is 0 Å². The van der Waals surface area contributed by atoms with Crippen LogP contribution in [0.15, 0.2) is 64.4 Å². The molecule has 2 aromatic carbocycles. The number of carbonyl (C=O) groups excluding carboxylic acids is 2. The highest BCUT2D eigenvalue weighted by Gasteiger charge is 2.23. The maximum atomic E-state index is 12.5. The van der Waals surface area contributed by atoms with Gasteiger partial charge in [-0.15, -0.1) is 11.8 Å². The van der Waals surface area contributed by atoms with Gasteiger partial charge >= 0.3 is 0 Å². The van der Waals surface area contributed by atoms with E-state index in [1.165, 1.54) is 30.9 Å². The summed E-state index contributed by atoms with van der Waals surface area (Å²) < 4.78 is 25.9. The molecule has 28 heavy (non-hydrogen) atoms. The topological polar surface area (TPSA) is 95.6 Å². The molecule has 2 rings (SSSR count). The van der Waals surface area contributed by atoms with Crippen LogP contribution in [0.2, 0.25) is 0 Å². The highest BCUT2D eigenvalue weighted by Crippen LogP contribution is 2.22. The predicted molar refractivity (Wildman–Crippen MR) is 109 cm³/mol. The first-order valence-electron chi connectivity index (χ1n) is 8.53. The summed E-state index contributed by atoms with van der Waals surface area (Å²) in [6.45, 7) is 3.15. The minimum absolute atomic E-state index is 0.102. The maximum absolute atomic E-state index is 12.5. The van der Waals surface area contributed by atoms with Gasteiger partial charge in [0, 0.05) is 11.9 Å². The molecule has 7 nitrogen and oxygen atoms in total. The molecular weight excluding hydrogens is 398 g/mol. The van der Waals surface area contributed by atoms with Gasteiger partial charge in [-0.1, -0.05) is 35.9 Å². The minimum Gasteiger partial charge on any atom is -0.272 e. The molecule has 2 N–H and O–H groups in total. The van der Waals surface area contributed by atoms with Gasteiger partial charge < -0.3 is 0 Å². The molecule has 0 spiro atoms. The lowest BCUT2D eigenvalue weighted by atomic mass is 10.2. The predicted octanol–water partition coefficient (Wildman–Crippen LogP) is 1.94. The molecule has 0 aromatic heterocycles. The van der Waals surface area contributed by atoms with Crippen molar-refractivity contribution in [2.45, 2.75) is 28.9 Å². The van der Waals surface area contributed by atoms with Crippen LogP contribution in [0.5, 0.6) is 0 Å². The van der Waals surface area contributed by atoms with Gasteiger partial charge in [0.25, 0.3) is 11.8 Å². The number of hydrazine groups is 1. The monoisotopic (exact) mass is 421 g/mol. The Morgan fingerprint density at radius 1 is 1.04 bits per heavy atom. The van der Waals surface area contributed by atoms with Crippen LogP contribution in [0.1, 0.15) is 12.5 Å². The third-order valence-corrected chi connectivity index (χ3v) is 6.78. The highest BCUT2D eigenvalue weighted by molar-refractivity contribution is 8.00. The third-order valence-electron chi connectivity index (χ3n) is 3.85.